The Morgan fingerprint density at radius 1 is 0.970 bits per heavy atom. The van der Waals surface area contributed by atoms with Crippen molar-refractivity contribution in [2.24, 2.45) is 0 Å². The Hall–Kier alpha value is -3.36. The number of nitrogens with one attached hydrogen (secondary N) is 1. The Kier molecular flexibility index (Phi) is 7.26. The number of carbonyl (C=O) groups is 3. The third kappa shape index (κ3) is 5.71. The quantitative estimate of drug-likeness (QED) is 0.402. The molecule has 1 saturated heterocycles. The van der Waals surface area contributed by atoms with Crippen LogP contribution >= 0.6 is 27.7 Å². The number of imide groups is 1. The summed E-state index contributed by atoms with van der Waals surface area (Å²) in [6.45, 7) is 0.0118. The lowest BCUT2D eigenvalue weighted by Gasteiger charge is -2.13. The van der Waals surface area contributed by atoms with Gasteiger partial charge in [0, 0.05) is 10.0 Å². The van der Waals surface area contributed by atoms with E-state index < -0.39 is 17.1 Å². The van der Waals surface area contributed by atoms with Crippen LogP contribution in [0.15, 0.2) is 88.2 Å². The monoisotopic (exact) mass is 522 g/mol. The number of anilines is 1. The van der Waals surface area contributed by atoms with Gasteiger partial charge >= 0.3 is 0 Å². The molecule has 0 unspecified atom stereocenters. The molecule has 166 valence electrons. The number of halogens is 1. The number of para-hydroxylation sites is 2. The number of hydrogen-bond acceptors (Lipinski definition) is 5. The highest BCUT2D eigenvalue weighted by Crippen LogP contribution is 2.34. The van der Waals surface area contributed by atoms with Crippen LogP contribution < -0.4 is 10.1 Å². The summed E-state index contributed by atoms with van der Waals surface area (Å²) in [6.07, 6.45) is 1.62. The van der Waals surface area contributed by atoms with Crippen molar-refractivity contribution < 1.29 is 19.1 Å². The minimum absolute atomic E-state index is 0.240. The summed E-state index contributed by atoms with van der Waals surface area (Å²) in [6, 6.07) is 24.2. The highest BCUT2D eigenvalue weighted by Gasteiger charge is 2.36. The van der Waals surface area contributed by atoms with Crippen LogP contribution in [-0.2, 0) is 16.2 Å². The van der Waals surface area contributed by atoms with Gasteiger partial charge in [-0.2, -0.15) is 0 Å². The molecule has 1 heterocycles. The van der Waals surface area contributed by atoms with E-state index in [1.54, 1.807) is 24.3 Å². The number of rotatable bonds is 7. The molecular weight excluding hydrogens is 504 g/mol. The molecular formula is C25H19BrN2O4S. The molecule has 0 radical (unpaired) electrons. The molecule has 4 rings (SSSR count). The van der Waals surface area contributed by atoms with Gasteiger partial charge in [-0.1, -0.05) is 60.7 Å². The van der Waals surface area contributed by atoms with Gasteiger partial charge in [-0.15, -0.1) is 0 Å². The van der Waals surface area contributed by atoms with Gasteiger partial charge in [-0.3, -0.25) is 19.3 Å². The van der Waals surface area contributed by atoms with Crippen molar-refractivity contribution in [3.63, 3.8) is 0 Å². The summed E-state index contributed by atoms with van der Waals surface area (Å²) >= 11 is 4.16. The van der Waals surface area contributed by atoms with E-state index in [0.717, 1.165) is 22.2 Å². The first-order chi connectivity index (χ1) is 16.0. The fraction of sp³-hybridized carbons (Fsp3) is 0.0800. The minimum Gasteiger partial charge on any atom is -0.488 e. The molecule has 1 N–H and O–H groups in total. The lowest BCUT2D eigenvalue weighted by Crippen LogP contribution is -2.36. The van der Waals surface area contributed by atoms with Gasteiger partial charge < -0.3 is 10.1 Å². The Balaban J connectivity index is 1.45. The molecule has 0 bridgehead atoms. The van der Waals surface area contributed by atoms with Crippen LogP contribution in [0.1, 0.15) is 11.1 Å². The number of hydrogen-bond donors (Lipinski definition) is 1. The summed E-state index contributed by atoms with van der Waals surface area (Å²) in [5, 5.41) is 2.21. The van der Waals surface area contributed by atoms with Crippen LogP contribution in [0.3, 0.4) is 0 Å². The van der Waals surface area contributed by atoms with Crippen LogP contribution in [0.5, 0.6) is 5.75 Å². The number of amides is 3. The summed E-state index contributed by atoms with van der Waals surface area (Å²) in [4.78, 5) is 38.9. The van der Waals surface area contributed by atoms with Crippen molar-refractivity contribution >= 4 is 56.5 Å². The standard InChI is InChI=1S/C25H19BrN2O4S/c26-19-11-5-6-12-20(19)27-23(29)15-28-24(30)22(33-25(28)31)14-18-10-4-7-13-21(18)32-16-17-8-2-1-3-9-17/h1-14H,15-16H2,(H,27,29)/b22-14+. The van der Waals surface area contributed by atoms with Crippen molar-refractivity contribution in [2.75, 3.05) is 11.9 Å². The fourth-order valence-electron chi connectivity index (χ4n) is 3.14. The number of carbonyl (C=O) groups excluding carboxylic acids is 3. The molecule has 0 aliphatic carbocycles. The van der Waals surface area contributed by atoms with Gasteiger partial charge in [-0.05, 0) is 57.5 Å². The number of benzene rings is 3. The van der Waals surface area contributed by atoms with Crippen LogP contribution in [0.2, 0.25) is 0 Å². The van der Waals surface area contributed by atoms with Gasteiger partial charge in [0.05, 0.1) is 10.6 Å². The van der Waals surface area contributed by atoms with Crippen molar-refractivity contribution in [1.82, 2.24) is 4.90 Å². The zero-order valence-electron chi connectivity index (χ0n) is 17.4. The van der Waals surface area contributed by atoms with E-state index >= 15 is 0 Å². The highest BCUT2D eigenvalue weighted by molar-refractivity contribution is 9.10. The largest absolute Gasteiger partial charge is 0.488 e. The first-order valence-corrected chi connectivity index (χ1v) is 11.7. The summed E-state index contributed by atoms with van der Waals surface area (Å²) in [5.41, 5.74) is 2.26. The topological polar surface area (TPSA) is 75.7 Å². The minimum atomic E-state index is -0.509. The predicted molar refractivity (Wildman–Crippen MR) is 133 cm³/mol. The molecule has 0 atom stereocenters. The average molecular weight is 523 g/mol. The molecule has 6 nitrogen and oxygen atoms in total. The van der Waals surface area contributed by atoms with Gasteiger partial charge in [0.25, 0.3) is 11.1 Å². The molecule has 1 aliphatic heterocycles. The lowest BCUT2D eigenvalue weighted by molar-refractivity contribution is -0.127. The first-order valence-electron chi connectivity index (χ1n) is 10.1. The predicted octanol–water partition coefficient (Wildman–Crippen LogP) is 5.70. The molecule has 3 amide bonds. The molecule has 3 aromatic rings. The second-order valence-electron chi connectivity index (χ2n) is 7.11. The second-order valence-corrected chi connectivity index (χ2v) is 8.96. The molecule has 0 aromatic heterocycles. The molecule has 33 heavy (non-hydrogen) atoms. The van der Waals surface area contributed by atoms with Gasteiger partial charge in [0.1, 0.15) is 18.9 Å². The number of ether oxygens (including phenoxy) is 1. The third-order valence-electron chi connectivity index (χ3n) is 4.77. The van der Waals surface area contributed by atoms with E-state index in [2.05, 4.69) is 21.2 Å². The molecule has 1 aliphatic rings. The Morgan fingerprint density at radius 3 is 2.45 bits per heavy atom. The van der Waals surface area contributed by atoms with Crippen molar-refractivity contribution in [1.29, 1.82) is 0 Å². The van der Waals surface area contributed by atoms with Crippen molar-refractivity contribution in [2.45, 2.75) is 6.61 Å². The normalized spacial score (nSPS) is 14.6. The Labute approximate surface area is 203 Å². The second kappa shape index (κ2) is 10.5. The Bertz CT molecular complexity index is 1230. The van der Waals surface area contributed by atoms with E-state index in [1.165, 1.54) is 0 Å². The van der Waals surface area contributed by atoms with Gasteiger partial charge in [-0.25, -0.2) is 0 Å². The van der Waals surface area contributed by atoms with Crippen LogP contribution in [0, 0.1) is 0 Å². The maximum absolute atomic E-state index is 12.9. The number of nitrogens with zero attached hydrogens (tertiary/aromatic N) is 1. The van der Waals surface area contributed by atoms with E-state index in [0.29, 0.717) is 28.1 Å². The van der Waals surface area contributed by atoms with Crippen molar-refractivity contribution in [3.8, 4) is 5.75 Å². The molecule has 0 saturated carbocycles. The summed E-state index contributed by atoms with van der Waals surface area (Å²) < 4.78 is 6.64. The smallest absolute Gasteiger partial charge is 0.294 e. The summed E-state index contributed by atoms with van der Waals surface area (Å²) in [5.74, 6) is -0.373. The average Bonchev–Trinajstić information content (AvgIpc) is 3.08. The van der Waals surface area contributed by atoms with E-state index in [-0.39, 0.29) is 11.4 Å². The van der Waals surface area contributed by atoms with Crippen LogP contribution in [0.4, 0.5) is 10.5 Å². The lowest BCUT2D eigenvalue weighted by atomic mass is 10.1. The highest BCUT2D eigenvalue weighted by atomic mass is 79.9. The molecule has 8 heteroatoms. The maximum atomic E-state index is 12.9. The third-order valence-corrected chi connectivity index (χ3v) is 6.36. The SMILES string of the molecule is O=C(CN1C(=O)S/C(=C/c2ccccc2OCc2ccccc2)C1=O)Nc1ccccc1Br. The molecule has 1 fully saturated rings. The Morgan fingerprint density at radius 2 is 1.67 bits per heavy atom. The van der Waals surface area contributed by atoms with Crippen LogP contribution in [0.25, 0.3) is 6.08 Å². The fourth-order valence-corrected chi connectivity index (χ4v) is 4.35. The first kappa shape index (κ1) is 22.8. The maximum Gasteiger partial charge on any atom is 0.294 e. The summed E-state index contributed by atoms with van der Waals surface area (Å²) in [7, 11) is 0. The number of thioether (sulfide) groups is 1. The van der Waals surface area contributed by atoms with Crippen LogP contribution in [-0.4, -0.2) is 28.5 Å². The van der Waals surface area contributed by atoms with E-state index in [1.807, 2.05) is 60.7 Å². The van der Waals surface area contributed by atoms with E-state index in [9.17, 15) is 14.4 Å². The zero-order chi connectivity index (χ0) is 23.2. The van der Waals surface area contributed by atoms with E-state index in [4.69, 9.17) is 4.74 Å². The molecule has 3 aromatic carbocycles. The van der Waals surface area contributed by atoms with Gasteiger partial charge in [0.2, 0.25) is 5.91 Å². The van der Waals surface area contributed by atoms with Gasteiger partial charge in [0.15, 0.2) is 0 Å². The molecule has 0 spiro atoms. The zero-order valence-corrected chi connectivity index (χ0v) is 19.8. The van der Waals surface area contributed by atoms with Crippen molar-refractivity contribution in [3.05, 3.63) is 99.4 Å².